The standard InChI is InChI=1S/C18H28N2O2/c1-4-14(3)20(15-9-7-5-6-8-10-15)18(22)16-12-11-13(2)19-17(16)21/h11-12,14-15H,4-10H2,1-3H3,(H,19,21)/t14-/m1/s1. The summed E-state index contributed by atoms with van der Waals surface area (Å²) in [7, 11) is 0. The highest BCUT2D eigenvalue weighted by molar-refractivity contribution is 5.94. The number of aromatic nitrogens is 1. The number of hydrogen-bond acceptors (Lipinski definition) is 2. The highest BCUT2D eigenvalue weighted by atomic mass is 16.2. The summed E-state index contributed by atoms with van der Waals surface area (Å²) in [5.74, 6) is -0.109. The molecule has 0 bridgehead atoms. The third-order valence-electron chi connectivity index (χ3n) is 4.80. The van der Waals surface area contributed by atoms with E-state index in [1.807, 2.05) is 11.8 Å². The number of H-pyrrole nitrogens is 1. The Bertz CT molecular complexity index is 556. The van der Waals surface area contributed by atoms with E-state index in [9.17, 15) is 9.59 Å². The van der Waals surface area contributed by atoms with Gasteiger partial charge in [-0.3, -0.25) is 9.59 Å². The lowest BCUT2D eigenvalue weighted by Gasteiger charge is -2.36. The molecule has 0 saturated heterocycles. The SMILES string of the molecule is CC[C@@H](C)N(C(=O)c1ccc(C)[nH]c1=O)C1CCCCCC1. The molecule has 4 nitrogen and oxygen atoms in total. The highest BCUT2D eigenvalue weighted by Crippen LogP contribution is 2.25. The molecule has 0 aromatic carbocycles. The summed E-state index contributed by atoms with van der Waals surface area (Å²) in [6.45, 7) is 6.01. The Kier molecular flexibility index (Phi) is 5.81. The molecule has 2 rings (SSSR count). The van der Waals surface area contributed by atoms with Crippen molar-refractivity contribution in [1.29, 1.82) is 0 Å². The van der Waals surface area contributed by atoms with Crippen LogP contribution < -0.4 is 5.56 Å². The van der Waals surface area contributed by atoms with Crippen LogP contribution in [0.5, 0.6) is 0 Å². The number of carbonyl (C=O) groups excluding carboxylic acids is 1. The Morgan fingerprint density at radius 3 is 2.45 bits per heavy atom. The third kappa shape index (κ3) is 3.79. The molecule has 0 unspecified atom stereocenters. The Hall–Kier alpha value is -1.58. The van der Waals surface area contributed by atoms with E-state index < -0.39 is 0 Å². The second-order valence-electron chi connectivity index (χ2n) is 6.50. The van der Waals surface area contributed by atoms with Crippen LogP contribution in [0.2, 0.25) is 0 Å². The van der Waals surface area contributed by atoms with Gasteiger partial charge < -0.3 is 9.88 Å². The monoisotopic (exact) mass is 304 g/mol. The molecular weight excluding hydrogens is 276 g/mol. The van der Waals surface area contributed by atoms with Gasteiger partial charge in [-0.1, -0.05) is 32.6 Å². The van der Waals surface area contributed by atoms with Gasteiger partial charge in [-0.05, 0) is 45.2 Å². The van der Waals surface area contributed by atoms with E-state index in [4.69, 9.17) is 0 Å². The van der Waals surface area contributed by atoms with Crippen molar-refractivity contribution < 1.29 is 4.79 Å². The third-order valence-corrected chi connectivity index (χ3v) is 4.80. The highest BCUT2D eigenvalue weighted by Gasteiger charge is 2.30. The maximum atomic E-state index is 13.0. The lowest BCUT2D eigenvalue weighted by molar-refractivity contribution is 0.0559. The molecule has 0 spiro atoms. The molecule has 1 aliphatic carbocycles. The van der Waals surface area contributed by atoms with Gasteiger partial charge in [0.05, 0.1) is 0 Å². The fourth-order valence-electron chi connectivity index (χ4n) is 3.34. The van der Waals surface area contributed by atoms with Crippen LogP contribution in [-0.2, 0) is 0 Å². The van der Waals surface area contributed by atoms with E-state index in [0.29, 0.717) is 0 Å². The molecule has 0 radical (unpaired) electrons. The predicted octanol–water partition coefficient (Wildman–Crippen LogP) is 3.65. The maximum absolute atomic E-state index is 13.0. The average Bonchev–Trinajstić information content (AvgIpc) is 2.76. The quantitative estimate of drug-likeness (QED) is 0.863. The van der Waals surface area contributed by atoms with Crippen molar-refractivity contribution in [3.8, 4) is 0 Å². The van der Waals surface area contributed by atoms with Gasteiger partial charge in [0.2, 0.25) is 0 Å². The summed E-state index contributed by atoms with van der Waals surface area (Å²) >= 11 is 0. The zero-order valence-corrected chi connectivity index (χ0v) is 14.0. The first-order chi connectivity index (χ1) is 10.5. The lowest BCUT2D eigenvalue weighted by atomic mass is 10.0. The molecule has 1 heterocycles. The topological polar surface area (TPSA) is 53.2 Å². The largest absolute Gasteiger partial charge is 0.333 e. The fraction of sp³-hybridized carbons (Fsp3) is 0.667. The number of pyridine rings is 1. The van der Waals surface area contributed by atoms with Crippen molar-refractivity contribution in [3.63, 3.8) is 0 Å². The summed E-state index contributed by atoms with van der Waals surface area (Å²) in [4.78, 5) is 29.9. The van der Waals surface area contributed by atoms with Crippen molar-refractivity contribution in [3.05, 3.63) is 33.7 Å². The van der Waals surface area contributed by atoms with Gasteiger partial charge in [0.15, 0.2) is 0 Å². The molecule has 1 aromatic heterocycles. The van der Waals surface area contributed by atoms with Crippen molar-refractivity contribution >= 4 is 5.91 Å². The minimum atomic E-state index is -0.271. The van der Waals surface area contributed by atoms with E-state index in [0.717, 1.165) is 25.0 Å². The molecule has 4 heteroatoms. The predicted molar refractivity (Wildman–Crippen MR) is 89.2 cm³/mol. The molecule has 0 aliphatic heterocycles. The summed E-state index contributed by atoms with van der Waals surface area (Å²) in [6.07, 6.45) is 7.88. The van der Waals surface area contributed by atoms with E-state index in [1.54, 1.807) is 12.1 Å². The van der Waals surface area contributed by atoms with E-state index in [1.165, 1.54) is 25.7 Å². The summed E-state index contributed by atoms with van der Waals surface area (Å²) < 4.78 is 0. The van der Waals surface area contributed by atoms with E-state index in [2.05, 4.69) is 18.8 Å². The van der Waals surface area contributed by atoms with Crippen molar-refractivity contribution in [2.24, 2.45) is 0 Å². The first-order valence-corrected chi connectivity index (χ1v) is 8.57. The van der Waals surface area contributed by atoms with Crippen LogP contribution in [0.4, 0.5) is 0 Å². The second-order valence-corrected chi connectivity index (χ2v) is 6.50. The molecule has 22 heavy (non-hydrogen) atoms. The number of aromatic amines is 1. The number of hydrogen-bond donors (Lipinski definition) is 1. The van der Waals surface area contributed by atoms with Crippen molar-refractivity contribution in [2.45, 2.75) is 77.8 Å². The zero-order chi connectivity index (χ0) is 16.1. The molecule has 1 saturated carbocycles. The van der Waals surface area contributed by atoms with Crippen LogP contribution in [-0.4, -0.2) is 27.9 Å². The fourth-order valence-corrected chi connectivity index (χ4v) is 3.34. The van der Waals surface area contributed by atoms with E-state index >= 15 is 0 Å². The number of nitrogens with zero attached hydrogens (tertiary/aromatic N) is 1. The number of amides is 1. The normalized spacial score (nSPS) is 17.8. The summed E-state index contributed by atoms with van der Waals surface area (Å²) in [5.41, 5.74) is 0.785. The maximum Gasteiger partial charge on any atom is 0.260 e. The van der Waals surface area contributed by atoms with Gasteiger partial charge >= 0.3 is 0 Å². The Balaban J connectivity index is 2.31. The molecule has 1 amide bonds. The molecule has 1 aromatic rings. The van der Waals surface area contributed by atoms with Crippen LogP contribution in [0.3, 0.4) is 0 Å². The smallest absolute Gasteiger partial charge is 0.260 e. The van der Waals surface area contributed by atoms with Gasteiger partial charge in [0.1, 0.15) is 5.56 Å². The first kappa shape index (κ1) is 16.8. The number of rotatable bonds is 4. The van der Waals surface area contributed by atoms with Gasteiger partial charge in [0, 0.05) is 17.8 Å². The van der Waals surface area contributed by atoms with Gasteiger partial charge in [0.25, 0.3) is 11.5 Å². The molecule has 1 atom stereocenters. The molecule has 1 aliphatic rings. The average molecular weight is 304 g/mol. The minimum Gasteiger partial charge on any atom is -0.333 e. The lowest BCUT2D eigenvalue weighted by Crippen LogP contribution is -2.47. The van der Waals surface area contributed by atoms with Gasteiger partial charge in [-0.2, -0.15) is 0 Å². The van der Waals surface area contributed by atoms with Crippen LogP contribution in [0.1, 0.15) is 74.8 Å². The number of aryl methyl sites for hydroxylation is 1. The van der Waals surface area contributed by atoms with Crippen LogP contribution in [0.25, 0.3) is 0 Å². The van der Waals surface area contributed by atoms with Gasteiger partial charge in [-0.15, -0.1) is 0 Å². The second kappa shape index (κ2) is 7.61. The first-order valence-electron chi connectivity index (χ1n) is 8.57. The minimum absolute atomic E-state index is 0.109. The molecular formula is C18H28N2O2. The number of carbonyl (C=O) groups is 1. The Labute approximate surface area is 132 Å². The zero-order valence-electron chi connectivity index (χ0n) is 14.0. The number of nitrogens with one attached hydrogen (secondary N) is 1. The van der Waals surface area contributed by atoms with Crippen molar-refractivity contribution in [1.82, 2.24) is 9.88 Å². The Morgan fingerprint density at radius 2 is 1.91 bits per heavy atom. The van der Waals surface area contributed by atoms with Crippen LogP contribution >= 0.6 is 0 Å². The van der Waals surface area contributed by atoms with Crippen LogP contribution in [0, 0.1) is 6.92 Å². The molecule has 1 N–H and O–H groups in total. The van der Waals surface area contributed by atoms with Crippen LogP contribution in [0.15, 0.2) is 16.9 Å². The Morgan fingerprint density at radius 1 is 1.27 bits per heavy atom. The molecule has 122 valence electrons. The van der Waals surface area contributed by atoms with E-state index in [-0.39, 0.29) is 29.1 Å². The summed E-state index contributed by atoms with van der Waals surface area (Å²) in [6, 6.07) is 3.90. The van der Waals surface area contributed by atoms with Gasteiger partial charge in [-0.25, -0.2) is 0 Å². The molecule has 1 fully saturated rings. The van der Waals surface area contributed by atoms with Crippen molar-refractivity contribution in [2.75, 3.05) is 0 Å². The summed E-state index contributed by atoms with van der Waals surface area (Å²) in [5, 5.41) is 0.